The van der Waals surface area contributed by atoms with Crippen molar-refractivity contribution in [3.63, 3.8) is 0 Å². The van der Waals surface area contributed by atoms with Crippen molar-refractivity contribution >= 4 is 0 Å². The Labute approximate surface area is 123 Å². The molecule has 1 aromatic carbocycles. The molecule has 2 unspecified atom stereocenters. The van der Waals surface area contributed by atoms with Gasteiger partial charge in [0, 0.05) is 25.7 Å². The molecule has 0 bridgehead atoms. The summed E-state index contributed by atoms with van der Waals surface area (Å²) in [5, 5.41) is 13.6. The fourth-order valence-corrected chi connectivity index (χ4v) is 3.50. The normalized spacial score (nSPS) is 25.9. The average Bonchev–Trinajstić information content (AvgIpc) is 2.69. The topological polar surface area (TPSA) is 35.5 Å². The quantitative estimate of drug-likeness (QED) is 0.867. The Kier molecular flexibility index (Phi) is 4.52. The van der Waals surface area contributed by atoms with Gasteiger partial charge >= 0.3 is 0 Å². The standard InChI is InChI=1S/C17H28N2O/c1-16(2,12-19-11-10-17(3,20)13-19)15(18-4)14-8-6-5-7-9-14/h5-9,15,18,20H,10-13H2,1-4H3. The first kappa shape index (κ1) is 15.5. The van der Waals surface area contributed by atoms with Crippen molar-refractivity contribution in [2.75, 3.05) is 26.7 Å². The van der Waals surface area contributed by atoms with Gasteiger partial charge in [0.25, 0.3) is 0 Å². The lowest BCUT2D eigenvalue weighted by atomic mass is 9.80. The average molecular weight is 276 g/mol. The van der Waals surface area contributed by atoms with Crippen molar-refractivity contribution in [2.45, 2.75) is 38.8 Å². The van der Waals surface area contributed by atoms with Crippen LogP contribution in [0.4, 0.5) is 0 Å². The summed E-state index contributed by atoms with van der Waals surface area (Å²) < 4.78 is 0. The summed E-state index contributed by atoms with van der Waals surface area (Å²) in [6, 6.07) is 10.9. The molecule has 1 aliphatic rings. The lowest BCUT2D eigenvalue weighted by Gasteiger charge is -2.38. The second-order valence-corrected chi connectivity index (χ2v) is 7.08. The molecule has 2 rings (SSSR count). The molecular formula is C17H28N2O. The molecule has 1 aromatic rings. The Balaban J connectivity index is 2.08. The first-order chi connectivity index (χ1) is 9.34. The van der Waals surface area contributed by atoms with Gasteiger partial charge in [0.2, 0.25) is 0 Å². The van der Waals surface area contributed by atoms with Crippen molar-refractivity contribution in [3.8, 4) is 0 Å². The monoisotopic (exact) mass is 276 g/mol. The molecule has 3 heteroatoms. The zero-order valence-electron chi connectivity index (χ0n) is 13.2. The molecule has 1 saturated heterocycles. The van der Waals surface area contributed by atoms with Crippen molar-refractivity contribution in [1.82, 2.24) is 10.2 Å². The van der Waals surface area contributed by atoms with E-state index in [-0.39, 0.29) is 5.41 Å². The Hall–Kier alpha value is -0.900. The molecule has 0 aromatic heterocycles. The minimum Gasteiger partial charge on any atom is -0.389 e. The van der Waals surface area contributed by atoms with Gasteiger partial charge in [-0.2, -0.15) is 0 Å². The number of nitrogens with zero attached hydrogens (tertiary/aromatic N) is 1. The van der Waals surface area contributed by atoms with Gasteiger partial charge in [-0.3, -0.25) is 4.90 Å². The number of hydrogen-bond donors (Lipinski definition) is 2. The molecule has 1 fully saturated rings. The van der Waals surface area contributed by atoms with E-state index in [1.165, 1.54) is 5.56 Å². The molecule has 0 radical (unpaired) electrons. The Morgan fingerprint density at radius 1 is 1.35 bits per heavy atom. The zero-order chi connectivity index (χ0) is 14.8. The van der Waals surface area contributed by atoms with Crippen molar-refractivity contribution in [2.24, 2.45) is 5.41 Å². The van der Waals surface area contributed by atoms with E-state index >= 15 is 0 Å². The molecule has 1 aliphatic heterocycles. The molecule has 0 spiro atoms. The number of nitrogens with one attached hydrogen (secondary N) is 1. The number of aliphatic hydroxyl groups is 1. The van der Waals surface area contributed by atoms with Gasteiger partial charge in [0.15, 0.2) is 0 Å². The maximum atomic E-state index is 10.1. The first-order valence-electron chi connectivity index (χ1n) is 7.51. The summed E-state index contributed by atoms with van der Waals surface area (Å²) in [7, 11) is 2.03. The molecule has 0 amide bonds. The highest BCUT2D eigenvalue weighted by Gasteiger charge is 2.37. The largest absolute Gasteiger partial charge is 0.389 e. The number of β-amino-alcohol motifs (C(OH)–C–C–N with tert-alkyl or cyclic N) is 1. The molecule has 3 nitrogen and oxygen atoms in total. The van der Waals surface area contributed by atoms with Crippen LogP contribution in [0.2, 0.25) is 0 Å². The summed E-state index contributed by atoms with van der Waals surface area (Å²) in [5.41, 5.74) is 0.917. The third-order valence-electron chi connectivity index (χ3n) is 4.37. The Morgan fingerprint density at radius 3 is 2.50 bits per heavy atom. The minimum atomic E-state index is -0.516. The fraction of sp³-hybridized carbons (Fsp3) is 0.647. The van der Waals surface area contributed by atoms with Crippen LogP contribution in [0.25, 0.3) is 0 Å². The highest BCUT2D eigenvalue weighted by molar-refractivity contribution is 5.21. The number of rotatable bonds is 5. The Bertz CT molecular complexity index is 428. The second-order valence-electron chi connectivity index (χ2n) is 7.08. The summed E-state index contributed by atoms with van der Waals surface area (Å²) in [5.74, 6) is 0. The molecule has 1 heterocycles. The van der Waals surface area contributed by atoms with E-state index < -0.39 is 5.60 Å². The summed E-state index contributed by atoms with van der Waals surface area (Å²) in [4.78, 5) is 2.38. The van der Waals surface area contributed by atoms with Gasteiger partial charge < -0.3 is 10.4 Å². The van der Waals surface area contributed by atoms with E-state index in [0.29, 0.717) is 6.04 Å². The van der Waals surface area contributed by atoms with Gasteiger partial charge in [-0.25, -0.2) is 0 Å². The molecule has 2 atom stereocenters. The lowest BCUT2D eigenvalue weighted by molar-refractivity contribution is 0.0599. The fourth-order valence-electron chi connectivity index (χ4n) is 3.50. The molecule has 0 aliphatic carbocycles. The SMILES string of the molecule is CNC(c1ccccc1)C(C)(C)CN1CCC(C)(O)C1. The zero-order valence-corrected chi connectivity index (χ0v) is 13.2. The predicted octanol–water partition coefficient (Wildman–Crippen LogP) is 2.43. The van der Waals surface area contributed by atoms with Crippen molar-refractivity contribution in [3.05, 3.63) is 35.9 Å². The molecule has 0 saturated carbocycles. The Morgan fingerprint density at radius 2 is 2.00 bits per heavy atom. The van der Waals surface area contributed by atoms with Crippen molar-refractivity contribution < 1.29 is 5.11 Å². The van der Waals surface area contributed by atoms with E-state index in [1.54, 1.807) is 0 Å². The number of hydrogen-bond acceptors (Lipinski definition) is 3. The van der Waals surface area contributed by atoms with Crippen LogP contribution in [0.5, 0.6) is 0 Å². The third kappa shape index (κ3) is 3.60. The van der Waals surface area contributed by atoms with E-state index in [4.69, 9.17) is 0 Å². The molecule has 2 N–H and O–H groups in total. The van der Waals surface area contributed by atoms with Crippen LogP contribution < -0.4 is 5.32 Å². The van der Waals surface area contributed by atoms with Gasteiger partial charge in [-0.05, 0) is 31.4 Å². The maximum absolute atomic E-state index is 10.1. The molecule has 20 heavy (non-hydrogen) atoms. The van der Waals surface area contributed by atoms with Gasteiger partial charge in [-0.1, -0.05) is 44.2 Å². The van der Waals surface area contributed by atoms with Crippen LogP contribution in [0.3, 0.4) is 0 Å². The third-order valence-corrected chi connectivity index (χ3v) is 4.37. The van der Waals surface area contributed by atoms with Crippen molar-refractivity contribution in [1.29, 1.82) is 0 Å². The van der Waals surface area contributed by atoms with Crippen LogP contribution in [0, 0.1) is 5.41 Å². The van der Waals surface area contributed by atoms with Gasteiger partial charge in [0.05, 0.1) is 5.60 Å². The van der Waals surface area contributed by atoms with Crippen LogP contribution in [-0.2, 0) is 0 Å². The van der Waals surface area contributed by atoms with Gasteiger partial charge in [0.1, 0.15) is 0 Å². The van der Waals surface area contributed by atoms with E-state index in [9.17, 15) is 5.11 Å². The first-order valence-corrected chi connectivity index (χ1v) is 7.51. The van der Waals surface area contributed by atoms with Crippen LogP contribution in [-0.4, -0.2) is 42.3 Å². The highest BCUT2D eigenvalue weighted by atomic mass is 16.3. The predicted molar refractivity (Wildman–Crippen MR) is 83.7 cm³/mol. The van der Waals surface area contributed by atoms with Crippen LogP contribution >= 0.6 is 0 Å². The van der Waals surface area contributed by atoms with Crippen LogP contribution in [0.15, 0.2) is 30.3 Å². The second kappa shape index (κ2) is 5.84. The van der Waals surface area contributed by atoms with E-state index in [2.05, 4.69) is 54.4 Å². The lowest BCUT2D eigenvalue weighted by Crippen LogP contribution is -2.42. The maximum Gasteiger partial charge on any atom is 0.0758 e. The van der Waals surface area contributed by atoms with E-state index in [0.717, 1.165) is 26.1 Å². The summed E-state index contributed by atoms with van der Waals surface area (Å²) in [6.45, 7) is 9.29. The molecular weight excluding hydrogens is 248 g/mol. The number of benzene rings is 1. The summed E-state index contributed by atoms with van der Waals surface area (Å²) in [6.07, 6.45) is 0.874. The minimum absolute atomic E-state index is 0.108. The molecule has 112 valence electrons. The van der Waals surface area contributed by atoms with E-state index in [1.807, 2.05) is 14.0 Å². The number of likely N-dealkylation sites (tertiary alicyclic amines) is 1. The van der Waals surface area contributed by atoms with Crippen LogP contribution in [0.1, 0.15) is 38.8 Å². The summed E-state index contributed by atoms with van der Waals surface area (Å²) >= 11 is 0. The highest BCUT2D eigenvalue weighted by Crippen LogP contribution is 2.35. The smallest absolute Gasteiger partial charge is 0.0758 e. The van der Waals surface area contributed by atoms with Gasteiger partial charge in [-0.15, -0.1) is 0 Å².